The van der Waals surface area contributed by atoms with E-state index in [1.807, 2.05) is 0 Å². The lowest BCUT2D eigenvalue weighted by atomic mass is 9.82. The van der Waals surface area contributed by atoms with E-state index in [9.17, 15) is 35.9 Å². The highest BCUT2D eigenvalue weighted by molar-refractivity contribution is 6.01. The first-order chi connectivity index (χ1) is 16.7. The van der Waals surface area contributed by atoms with Crippen molar-refractivity contribution in [1.29, 1.82) is 0 Å². The lowest BCUT2D eigenvalue weighted by molar-refractivity contribution is -0.168. The van der Waals surface area contributed by atoms with Crippen molar-refractivity contribution in [3.05, 3.63) is 77.4 Å². The molecular weight excluding hydrogens is 492 g/mol. The van der Waals surface area contributed by atoms with Gasteiger partial charge in [0.1, 0.15) is 0 Å². The molecule has 1 aliphatic rings. The molecule has 0 amide bonds. The predicted molar refractivity (Wildman–Crippen MR) is 118 cm³/mol. The van der Waals surface area contributed by atoms with Gasteiger partial charge in [-0.15, -0.1) is 0 Å². The van der Waals surface area contributed by atoms with Crippen LogP contribution >= 0.6 is 0 Å². The maximum atomic E-state index is 13.4. The van der Waals surface area contributed by atoms with Gasteiger partial charge in [-0.3, -0.25) is 9.59 Å². The van der Waals surface area contributed by atoms with Gasteiger partial charge in [-0.2, -0.15) is 26.3 Å². The zero-order chi connectivity index (χ0) is 26.9. The Balaban J connectivity index is 2.11. The van der Waals surface area contributed by atoms with E-state index in [4.69, 9.17) is 9.47 Å². The van der Waals surface area contributed by atoms with E-state index in [0.717, 1.165) is 14.2 Å². The Morgan fingerprint density at radius 3 is 1.89 bits per heavy atom. The number of anilines is 1. The molecule has 2 aromatic carbocycles. The molecule has 194 valence electrons. The topological polar surface area (TPSA) is 64.6 Å². The standard InChI is InChI=1S/C25H23F6NO4/c1-14-12-23(21(33)35-2,22(34)36-3)13-19(14)20(15-7-5-4-6-8-15)32-18-10-16(24(26,27)28)9-17(11-18)25(29,30)31/h4-11,19-20,32H,1,12-13H2,2-3H3/t19-,20-/m0/s1. The van der Waals surface area contributed by atoms with Crippen LogP contribution in [0.1, 0.15) is 35.6 Å². The molecule has 1 saturated carbocycles. The van der Waals surface area contributed by atoms with Gasteiger partial charge in [0.2, 0.25) is 0 Å². The van der Waals surface area contributed by atoms with Crippen LogP contribution in [0.3, 0.4) is 0 Å². The van der Waals surface area contributed by atoms with Gasteiger partial charge in [0, 0.05) is 11.6 Å². The Labute approximate surface area is 203 Å². The van der Waals surface area contributed by atoms with Gasteiger partial charge in [0.25, 0.3) is 0 Å². The minimum Gasteiger partial charge on any atom is -0.468 e. The molecule has 0 heterocycles. The Morgan fingerprint density at radius 2 is 1.44 bits per heavy atom. The average Bonchev–Trinajstić information content (AvgIpc) is 3.18. The number of hydrogen-bond donors (Lipinski definition) is 1. The van der Waals surface area contributed by atoms with Gasteiger partial charge in [0.05, 0.1) is 31.4 Å². The van der Waals surface area contributed by atoms with E-state index >= 15 is 0 Å². The molecule has 2 atom stereocenters. The summed E-state index contributed by atoms with van der Waals surface area (Å²) in [5.74, 6) is -2.49. The largest absolute Gasteiger partial charge is 0.468 e. The first-order valence-electron chi connectivity index (χ1n) is 10.7. The third kappa shape index (κ3) is 5.34. The number of hydrogen-bond acceptors (Lipinski definition) is 5. The highest BCUT2D eigenvalue weighted by Gasteiger charge is 2.56. The molecule has 0 radical (unpaired) electrons. The number of rotatable bonds is 6. The number of ether oxygens (including phenoxy) is 2. The number of halogens is 6. The van der Waals surface area contributed by atoms with Crippen molar-refractivity contribution in [2.24, 2.45) is 11.3 Å². The molecule has 0 bridgehead atoms. The molecule has 1 N–H and O–H groups in total. The van der Waals surface area contributed by atoms with Crippen LogP contribution in [0.15, 0.2) is 60.7 Å². The van der Waals surface area contributed by atoms with Crippen molar-refractivity contribution in [3.8, 4) is 0 Å². The van der Waals surface area contributed by atoms with E-state index < -0.39 is 58.5 Å². The molecule has 0 spiro atoms. The van der Waals surface area contributed by atoms with Gasteiger partial charge in [-0.05, 0) is 36.6 Å². The number of esters is 2. The molecule has 0 aromatic heterocycles. The summed E-state index contributed by atoms with van der Waals surface area (Å²) in [5, 5.41) is 2.78. The second-order valence-corrected chi connectivity index (χ2v) is 8.54. The minimum atomic E-state index is -5.03. The monoisotopic (exact) mass is 515 g/mol. The first-order valence-corrected chi connectivity index (χ1v) is 10.7. The maximum absolute atomic E-state index is 13.4. The molecule has 5 nitrogen and oxygen atoms in total. The summed E-state index contributed by atoms with van der Waals surface area (Å²) in [5.41, 5.74) is -4.25. The molecule has 1 aliphatic carbocycles. The molecule has 0 saturated heterocycles. The molecule has 11 heteroatoms. The third-order valence-corrected chi connectivity index (χ3v) is 6.24. The second kappa shape index (κ2) is 9.87. The first kappa shape index (κ1) is 27.1. The second-order valence-electron chi connectivity index (χ2n) is 8.54. The highest BCUT2D eigenvalue weighted by Crippen LogP contribution is 2.52. The van der Waals surface area contributed by atoms with E-state index in [2.05, 4.69) is 11.9 Å². The van der Waals surface area contributed by atoms with Crippen molar-refractivity contribution in [2.75, 3.05) is 19.5 Å². The normalized spacial score (nSPS) is 18.4. The van der Waals surface area contributed by atoms with Crippen LogP contribution in [-0.2, 0) is 31.4 Å². The molecule has 0 unspecified atom stereocenters. The Hall–Kier alpha value is -3.50. The van der Waals surface area contributed by atoms with Crippen LogP contribution in [0.2, 0.25) is 0 Å². The number of nitrogens with one attached hydrogen (secondary N) is 1. The van der Waals surface area contributed by atoms with Gasteiger partial charge >= 0.3 is 24.3 Å². The summed E-state index contributed by atoms with van der Waals surface area (Å²) in [6, 6.07) is 8.48. The number of methoxy groups -OCH3 is 2. The average molecular weight is 515 g/mol. The number of benzene rings is 2. The van der Waals surface area contributed by atoms with Crippen LogP contribution in [0, 0.1) is 11.3 Å². The minimum absolute atomic E-state index is 0.0384. The zero-order valence-corrected chi connectivity index (χ0v) is 19.3. The Kier molecular flexibility index (Phi) is 7.42. The van der Waals surface area contributed by atoms with E-state index in [-0.39, 0.29) is 18.9 Å². The number of carbonyl (C=O) groups excluding carboxylic acids is 2. The van der Waals surface area contributed by atoms with Crippen molar-refractivity contribution in [3.63, 3.8) is 0 Å². The Morgan fingerprint density at radius 1 is 0.944 bits per heavy atom. The number of carbonyl (C=O) groups is 2. The van der Waals surface area contributed by atoms with Crippen LogP contribution < -0.4 is 5.32 Å². The molecule has 2 aromatic rings. The summed E-state index contributed by atoms with van der Waals surface area (Å²) in [6.07, 6.45) is -10.4. The predicted octanol–water partition coefficient (Wildman–Crippen LogP) is 6.18. The fourth-order valence-electron chi connectivity index (χ4n) is 4.54. The number of alkyl halides is 6. The van der Waals surface area contributed by atoms with Gasteiger partial charge in [-0.1, -0.05) is 42.5 Å². The molecule has 36 heavy (non-hydrogen) atoms. The lowest BCUT2D eigenvalue weighted by Crippen LogP contribution is -2.39. The van der Waals surface area contributed by atoms with Gasteiger partial charge in [-0.25, -0.2) is 0 Å². The van der Waals surface area contributed by atoms with Crippen LogP contribution in [0.4, 0.5) is 32.0 Å². The van der Waals surface area contributed by atoms with Crippen molar-refractivity contribution >= 4 is 17.6 Å². The smallest absolute Gasteiger partial charge is 0.416 e. The summed E-state index contributed by atoms with van der Waals surface area (Å²) in [6.45, 7) is 3.95. The van der Waals surface area contributed by atoms with Crippen LogP contribution in [0.25, 0.3) is 0 Å². The zero-order valence-electron chi connectivity index (χ0n) is 19.3. The maximum Gasteiger partial charge on any atom is 0.416 e. The van der Waals surface area contributed by atoms with E-state index in [1.54, 1.807) is 30.3 Å². The van der Waals surface area contributed by atoms with E-state index in [0.29, 0.717) is 23.3 Å². The quantitative estimate of drug-likeness (QED) is 0.216. The lowest BCUT2D eigenvalue weighted by Gasteiger charge is -2.29. The van der Waals surface area contributed by atoms with Crippen molar-refractivity contribution < 1.29 is 45.4 Å². The fourth-order valence-corrected chi connectivity index (χ4v) is 4.54. The van der Waals surface area contributed by atoms with E-state index in [1.165, 1.54) is 0 Å². The fraction of sp³-hybridized carbons (Fsp3) is 0.360. The van der Waals surface area contributed by atoms with Crippen LogP contribution in [-0.4, -0.2) is 26.2 Å². The van der Waals surface area contributed by atoms with Crippen molar-refractivity contribution in [1.82, 2.24) is 0 Å². The summed E-state index contributed by atoms with van der Waals surface area (Å²) >= 11 is 0. The SMILES string of the molecule is C=C1CC(C(=O)OC)(C(=O)OC)C[C@@H]1[C@@H](Nc1cc(C(F)(F)F)cc(C(F)(F)F)c1)c1ccccc1. The Bertz CT molecular complexity index is 1100. The van der Waals surface area contributed by atoms with Gasteiger partial charge < -0.3 is 14.8 Å². The molecule has 3 rings (SSSR count). The van der Waals surface area contributed by atoms with Crippen LogP contribution in [0.5, 0.6) is 0 Å². The third-order valence-electron chi connectivity index (χ3n) is 6.24. The molecular formula is C25H23F6NO4. The summed E-state index contributed by atoms with van der Waals surface area (Å²) < 4.78 is 90.1. The molecule has 0 aliphatic heterocycles. The van der Waals surface area contributed by atoms with Gasteiger partial charge in [0.15, 0.2) is 5.41 Å². The summed E-state index contributed by atoms with van der Waals surface area (Å²) in [7, 11) is 2.19. The van der Waals surface area contributed by atoms with Crippen molar-refractivity contribution in [2.45, 2.75) is 31.2 Å². The molecule has 1 fully saturated rings. The highest BCUT2D eigenvalue weighted by atomic mass is 19.4. The summed E-state index contributed by atoms with van der Waals surface area (Å²) in [4.78, 5) is 25.2.